The van der Waals surface area contributed by atoms with Crippen LogP contribution in [0.1, 0.15) is 41.5 Å². The zero-order valence-electron chi connectivity index (χ0n) is 44.4. The van der Waals surface area contributed by atoms with Crippen LogP contribution in [0.5, 0.6) is 0 Å². The van der Waals surface area contributed by atoms with Gasteiger partial charge in [-0.3, -0.25) is 0 Å². The van der Waals surface area contributed by atoms with Crippen molar-refractivity contribution in [1.29, 1.82) is 0 Å². The number of benzene rings is 10. The van der Waals surface area contributed by atoms with Gasteiger partial charge in [0.15, 0.2) is 0 Å². The van der Waals surface area contributed by atoms with E-state index in [1.807, 2.05) is 0 Å². The summed E-state index contributed by atoms with van der Waals surface area (Å²) in [5.74, 6) is -3.62. The molecule has 0 aliphatic rings. The van der Waals surface area contributed by atoms with Gasteiger partial charge in [0.25, 0.3) is 0 Å². The minimum absolute atomic E-state index is 0.419. The van der Waals surface area contributed by atoms with E-state index >= 15 is 0 Å². The van der Waals surface area contributed by atoms with E-state index in [1.54, 1.807) is 0 Å². The third kappa shape index (κ3) is 13.8. The lowest BCUT2D eigenvalue weighted by Gasteiger charge is -2.26. The van der Waals surface area contributed by atoms with Crippen LogP contribution in [0.4, 0.5) is 0 Å². The van der Waals surface area contributed by atoms with Crippen molar-refractivity contribution in [1.82, 2.24) is 0 Å². The van der Waals surface area contributed by atoms with Gasteiger partial charge in [0.1, 0.15) is 79.6 Å². The van der Waals surface area contributed by atoms with E-state index in [9.17, 15) is 32.8 Å². The first-order chi connectivity index (χ1) is 38.4. The van der Waals surface area contributed by atoms with Gasteiger partial charge >= 0.3 is 0 Å². The maximum Gasteiger partial charge on any atom is 0.125 e. The Hall–Kier alpha value is -7.66. The van der Waals surface area contributed by atoms with Crippen molar-refractivity contribution >= 4 is 91.6 Å². The molecule has 0 unspecified atom stereocenters. The summed E-state index contributed by atoms with van der Waals surface area (Å²) in [7, 11) is -9.70. The van der Waals surface area contributed by atoms with E-state index < -0.39 is 59.9 Å². The fraction of sp³-hybridized carbons (Fsp3) is 0.0882. The van der Waals surface area contributed by atoms with Crippen LogP contribution in [-0.4, -0.2) is 43.4 Å². The van der Waals surface area contributed by atoms with Crippen molar-refractivity contribution in [2.45, 2.75) is 25.7 Å². The first kappa shape index (κ1) is 59.0. The summed E-state index contributed by atoms with van der Waals surface area (Å²) in [5, 5.41) is 34.0. The summed E-state index contributed by atoms with van der Waals surface area (Å²) in [6.45, 7) is 6.96. The van der Waals surface area contributed by atoms with E-state index in [-0.39, 0.29) is 0 Å². The van der Waals surface area contributed by atoms with Crippen molar-refractivity contribution < 1.29 is 32.8 Å². The van der Waals surface area contributed by atoms with E-state index in [2.05, 4.69) is 294 Å². The van der Waals surface area contributed by atoms with Crippen molar-refractivity contribution in [2.24, 2.45) is 0 Å². The first-order valence-corrected chi connectivity index (χ1v) is 33.4. The molecule has 0 heterocycles. The molecule has 0 saturated carbocycles. The van der Waals surface area contributed by atoms with Crippen LogP contribution in [-0.2, 0) is 10.1 Å². The Bertz CT molecular complexity index is 2980. The molecule has 0 spiro atoms. The predicted octanol–water partition coefficient (Wildman–Crippen LogP) is 9.32. The first-order valence-electron chi connectivity index (χ1n) is 26.0. The van der Waals surface area contributed by atoms with Crippen LogP contribution in [0.15, 0.2) is 296 Å². The molecule has 11 heteroatoms. The minimum Gasteiger partial charge on any atom is -0.744 e. The second-order valence-corrected chi connectivity index (χ2v) is 30.9. The number of aromatic carboxylic acids is 2. The average Bonchev–Trinajstić information content (AvgIpc) is 3.59. The van der Waals surface area contributed by atoms with Crippen molar-refractivity contribution in [3.8, 4) is 0 Å². The summed E-state index contributed by atoms with van der Waals surface area (Å²) in [4.78, 5) is 19.7. The molecule has 10 rings (SSSR count). The second kappa shape index (κ2) is 28.3. The molecule has 79 heavy (non-hydrogen) atoms. The molecule has 0 atom stereocenters. The molecule has 0 aliphatic carbocycles. The normalized spacial score (nSPS) is 11.2. The minimum atomic E-state index is -5.10. The average molecular weight is 1120 g/mol. The molecule has 0 bridgehead atoms. The molecule has 7 nitrogen and oxygen atoms in total. The Morgan fingerprint density at radius 3 is 0.646 bits per heavy atom. The number of carboxylic acid groups (broad SMARTS) is 2. The highest BCUT2D eigenvalue weighted by atomic mass is 32.2. The van der Waals surface area contributed by atoms with Gasteiger partial charge in [-0.05, 0) is 142 Å². The number of hydrogen-bond donors (Lipinski definition) is 0. The van der Waals surface area contributed by atoms with E-state index in [4.69, 9.17) is 0 Å². The number of rotatable bonds is 15. The van der Waals surface area contributed by atoms with Gasteiger partial charge < -0.3 is 24.4 Å². The van der Waals surface area contributed by atoms with E-state index in [0.29, 0.717) is 12.1 Å². The lowest BCUT2D eigenvalue weighted by Crippen LogP contribution is -2.32. The highest BCUT2D eigenvalue weighted by Gasteiger charge is 2.45. The van der Waals surface area contributed by atoms with Crippen LogP contribution >= 0.6 is 21.8 Å². The van der Waals surface area contributed by atoms with Crippen LogP contribution in [0, 0.1) is 0 Å². The predicted molar refractivity (Wildman–Crippen MR) is 330 cm³/mol. The SMILES string of the molecule is CC[P+](c1ccccc1)(c1ccccc1)c1ccccc1.CC[P+](c1ccccc1)(c1ccccc1)c1ccccc1.CC[P+](c1ccccc1)(c1ccccc1)c1ccccc1.O=C([O-])c1ccc(C(=O)[O-])c(S(=O)(=O)[O-])c1. The zero-order chi connectivity index (χ0) is 56.1. The molecule has 0 aromatic heterocycles. The van der Waals surface area contributed by atoms with Gasteiger partial charge in [0, 0.05) is 5.56 Å². The summed E-state index contributed by atoms with van der Waals surface area (Å²) >= 11 is 0. The monoisotopic (exact) mass is 1120 g/mol. The quantitative estimate of drug-likeness (QED) is 0.0737. The van der Waals surface area contributed by atoms with Gasteiger partial charge in [0.2, 0.25) is 0 Å². The van der Waals surface area contributed by atoms with Crippen LogP contribution in [0.25, 0.3) is 0 Å². The van der Waals surface area contributed by atoms with Gasteiger partial charge in [-0.15, -0.1) is 0 Å². The Kier molecular flexibility index (Phi) is 21.1. The van der Waals surface area contributed by atoms with Crippen molar-refractivity contribution in [3.63, 3.8) is 0 Å². The maximum atomic E-state index is 10.7. The maximum absolute atomic E-state index is 10.7. The van der Waals surface area contributed by atoms with Gasteiger partial charge in [-0.25, -0.2) is 8.42 Å². The number of carboxylic acids is 2. The van der Waals surface area contributed by atoms with Gasteiger partial charge in [-0.2, -0.15) is 0 Å². The van der Waals surface area contributed by atoms with Crippen molar-refractivity contribution in [2.75, 3.05) is 18.5 Å². The summed E-state index contributed by atoms with van der Waals surface area (Å²) in [6.07, 6.45) is 3.43. The molecule has 0 saturated heterocycles. The third-order valence-corrected chi connectivity index (χ3v) is 28.2. The summed E-state index contributed by atoms with van der Waals surface area (Å²) < 4.78 is 32.0. The molecular weight excluding hydrogens is 1050 g/mol. The van der Waals surface area contributed by atoms with Gasteiger partial charge in [-0.1, -0.05) is 176 Å². The van der Waals surface area contributed by atoms with Crippen LogP contribution < -0.4 is 58.0 Å². The second-order valence-electron chi connectivity index (χ2n) is 18.1. The lowest BCUT2D eigenvalue weighted by atomic mass is 10.1. The Labute approximate surface area is 468 Å². The van der Waals surface area contributed by atoms with Crippen LogP contribution in [0.2, 0.25) is 0 Å². The molecule has 10 aromatic carbocycles. The van der Waals surface area contributed by atoms with Crippen LogP contribution in [0.3, 0.4) is 0 Å². The Morgan fingerprint density at radius 1 is 0.316 bits per heavy atom. The number of carbonyl (C=O) groups is 2. The molecule has 0 fully saturated rings. The molecule has 398 valence electrons. The molecule has 0 N–H and O–H groups in total. The topological polar surface area (TPSA) is 137 Å². The zero-order valence-corrected chi connectivity index (χ0v) is 47.9. The molecule has 10 aromatic rings. The fourth-order valence-electron chi connectivity index (χ4n) is 10.2. The highest BCUT2D eigenvalue weighted by molar-refractivity contribution is 7.96. The molecule has 0 radical (unpaired) electrons. The number of hydrogen-bond acceptors (Lipinski definition) is 7. The Balaban J connectivity index is 0.000000153. The molecular formula is C68H63O7P3S. The third-order valence-electron chi connectivity index (χ3n) is 13.9. The standard InChI is InChI=1S/3C20H20P.C8H6O7S/c3*1-2-21(18-12-6-3-7-13-18,19-14-8-4-9-15-19)20-16-10-5-11-17-20;9-7(10)4-1-2-5(8(11)12)6(3-4)16(13,14)15/h3*3-17H,2H2,1H3;1-3H,(H,9,10)(H,11,12)(H,13,14,15)/q3*+1;/p-3. The van der Waals surface area contributed by atoms with Gasteiger partial charge in [0.05, 0.1) is 35.3 Å². The summed E-state index contributed by atoms with van der Waals surface area (Å²) in [6, 6.07) is 101. The Morgan fingerprint density at radius 2 is 0.506 bits per heavy atom. The van der Waals surface area contributed by atoms with E-state index in [1.165, 1.54) is 47.7 Å². The van der Waals surface area contributed by atoms with E-state index in [0.717, 1.165) is 24.6 Å². The largest absolute Gasteiger partial charge is 0.744 e. The molecule has 0 amide bonds. The number of carbonyl (C=O) groups excluding carboxylic acids is 2. The smallest absolute Gasteiger partial charge is 0.125 e. The molecule has 0 aliphatic heterocycles. The van der Waals surface area contributed by atoms with Crippen molar-refractivity contribution in [3.05, 3.63) is 302 Å². The lowest BCUT2D eigenvalue weighted by molar-refractivity contribution is -0.256. The summed E-state index contributed by atoms with van der Waals surface area (Å²) in [5.41, 5.74) is -1.50. The highest BCUT2D eigenvalue weighted by Crippen LogP contribution is 2.56. The fourth-order valence-corrected chi connectivity index (χ4v) is 22.9.